The van der Waals surface area contributed by atoms with E-state index in [0.29, 0.717) is 23.8 Å². The molecular weight excluding hydrogens is 282 g/mol. The zero-order valence-electron chi connectivity index (χ0n) is 12.0. The highest BCUT2D eigenvalue weighted by Gasteiger charge is 2.10. The number of hydrogen-bond acceptors (Lipinski definition) is 4. The van der Waals surface area contributed by atoms with Gasteiger partial charge in [-0.2, -0.15) is 0 Å². The average molecular weight is 299 g/mol. The van der Waals surface area contributed by atoms with Crippen LogP contribution in [0.25, 0.3) is 20.7 Å². The van der Waals surface area contributed by atoms with E-state index in [9.17, 15) is 4.79 Å². The molecule has 0 saturated carbocycles. The molecule has 5 heteroatoms. The Bertz CT molecular complexity index is 805. The largest absolute Gasteiger partial charge is 0.309 e. The van der Waals surface area contributed by atoms with Crippen molar-refractivity contribution in [3.05, 3.63) is 52.6 Å². The van der Waals surface area contributed by atoms with Crippen LogP contribution in [-0.4, -0.2) is 16.0 Å². The van der Waals surface area contributed by atoms with Gasteiger partial charge < -0.3 is 10.3 Å². The molecule has 0 unspecified atom stereocenters. The van der Waals surface area contributed by atoms with Crippen LogP contribution in [0.5, 0.6) is 0 Å². The number of nitrogens with zero attached hydrogens (tertiary/aromatic N) is 1. The van der Waals surface area contributed by atoms with Crippen LogP contribution in [-0.2, 0) is 6.54 Å². The molecule has 0 aliphatic carbocycles. The molecule has 1 aromatic carbocycles. The Hall–Kier alpha value is -1.98. The highest BCUT2D eigenvalue weighted by Crippen LogP contribution is 2.30. The van der Waals surface area contributed by atoms with Gasteiger partial charge in [-0.3, -0.25) is 4.79 Å². The Morgan fingerprint density at radius 3 is 2.76 bits per heavy atom. The number of thiophene rings is 1. The summed E-state index contributed by atoms with van der Waals surface area (Å²) in [5.41, 5.74) is 1.04. The number of aromatic amines is 1. The van der Waals surface area contributed by atoms with Crippen LogP contribution in [0.2, 0.25) is 0 Å². The quantitative estimate of drug-likeness (QED) is 0.778. The molecule has 0 atom stereocenters. The summed E-state index contributed by atoms with van der Waals surface area (Å²) in [6, 6.07) is 12.3. The van der Waals surface area contributed by atoms with E-state index < -0.39 is 0 Å². The van der Waals surface area contributed by atoms with E-state index in [1.165, 1.54) is 0 Å². The van der Waals surface area contributed by atoms with Crippen molar-refractivity contribution in [1.82, 2.24) is 15.3 Å². The van der Waals surface area contributed by atoms with Crippen LogP contribution in [0, 0.1) is 0 Å². The Morgan fingerprint density at radius 1 is 1.29 bits per heavy atom. The molecule has 3 aromatic rings. The fourth-order valence-corrected chi connectivity index (χ4v) is 3.16. The number of H-pyrrole nitrogens is 1. The minimum Gasteiger partial charge on any atom is -0.309 e. The number of benzene rings is 1. The second-order valence-electron chi connectivity index (χ2n) is 5.24. The van der Waals surface area contributed by atoms with E-state index >= 15 is 0 Å². The van der Waals surface area contributed by atoms with E-state index in [0.717, 1.165) is 15.3 Å². The van der Waals surface area contributed by atoms with Gasteiger partial charge in [0.2, 0.25) is 0 Å². The molecule has 0 amide bonds. The molecule has 0 aliphatic rings. The topological polar surface area (TPSA) is 57.8 Å². The molecule has 2 aromatic heterocycles. The maximum atomic E-state index is 12.2. The molecule has 0 saturated heterocycles. The summed E-state index contributed by atoms with van der Waals surface area (Å²) in [5.74, 6) is 0.683. The molecular formula is C16H17N3OS. The molecule has 2 N–H and O–H groups in total. The number of nitrogens with one attached hydrogen (secondary N) is 2. The number of fused-ring (bicyclic) bond motifs is 1. The molecule has 2 heterocycles. The Kier molecular flexibility index (Phi) is 3.86. The molecule has 4 nitrogen and oxygen atoms in total. The number of hydrogen-bond donors (Lipinski definition) is 2. The first-order chi connectivity index (χ1) is 10.1. The predicted molar refractivity (Wildman–Crippen MR) is 87.7 cm³/mol. The fraction of sp³-hybridized carbons (Fsp3) is 0.250. The third kappa shape index (κ3) is 3.04. The average Bonchev–Trinajstić information content (AvgIpc) is 2.91. The van der Waals surface area contributed by atoms with Gasteiger partial charge in [-0.15, -0.1) is 11.3 Å². The standard InChI is InChI=1S/C16H17N3OS/c1-10(2)17-9-14-18-15(20)12-8-13(21-16(12)19-14)11-6-4-3-5-7-11/h3-8,10,17H,9H2,1-2H3,(H,18,19,20). The second kappa shape index (κ2) is 5.79. The molecule has 0 aliphatic heterocycles. The van der Waals surface area contributed by atoms with E-state index in [1.54, 1.807) is 11.3 Å². The molecule has 21 heavy (non-hydrogen) atoms. The summed E-state index contributed by atoms with van der Waals surface area (Å²) in [7, 11) is 0. The van der Waals surface area contributed by atoms with Crippen LogP contribution in [0.3, 0.4) is 0 Å². The van der Waals surface area contributed by atoms with Crippen LogP contribution in [0.1, 0.15) is 19.7 Å². The summed E-state index contributed by atoms with van der Waals surface area (Å²) in [4.78, 5) is 21.4. The first-order valence-electron chi connectivity index (χ1n) is 6.95. The summed E-state index contributed by atoms with van der Waals surface area (Å²) >= 11 is 1.55. The number of aromatic nitrogens is 2. The van der Waals surface area contributed by atoms with Gasteiger partial charge in [0.25, 0.3) is 5.56 Å². The minimum absolute atomic E-state index is 0.0704. The van der Waals surface area contributed by atoms with Gasteiger partial charge in [-0.25, -0.2) is 4.98 Å². The van der Waals surface area contributed by atoms with Crippen molar-refractivity contribution in [2.75, 3.05) is 0 Å². The van der Waals surface area contributed by atoms with Gasteiger partial charge >= 0.3 is 0 Å². The van der Waals surface area contributed by atoms with Crippen LogP contribution < -0.4 is 10.9 Å². The van der Waals surface area contributed by atoms with Gasteiger partial charge in [0, 0.05) is 10.9 Å². The highest BCUT2D eigenvalue weighted by molar-refractivity contribution is 7.21. The van der Waals surface area contributed by atoms with Crippen molar-refractivity contribution in [2.45, 2.75) is 26.4 Å². The first kappa shape index (κ1) is 14.0. The Balaban J connectivity index is 2.01. The van der Waals surface area contributed by atoms with Crippen LogP contribution >= 0.6 is 11.3 Å². The molecule has 0 spiro atoms. The highest BCUT2D eigenvalue weighted by atomic mass is 32.1. The lowest BCUT2D eigenvalue weighted by atomic mass is 10.2. The summed E-state index contributed by atoms with van der Waals surface area (Å²) in [6.45, 7) is 4.70. The molecule has 0 fully saturated rings. The lowest BCUT2D eigenvalue weighted by molar-refractivity contribution is 0.573. The second-order valence-corrected chi connectivity index (χ2v) is 6.27. The van der Waals surface area contributed by atoms with Gasteiger partial charge in [-0.1, -0.05) is 44.2 Å². The third-order valence-electron chi connectivity index (χ3n) is 3.19. The van der Waals surface area contributed by atoms with Crippen molar-refractivity contribution < 1.29 is 0 Å². The smallest absolute Gasteiger partial charge is 0.259 e. The summed E-state index contributed by atoms with van der Waals surface area (Å²) < 4.78 is 0. The van der Waals surface area contributed by atoms with Crippen molar-refractivity contribution in [1.29, 1.82) is 0 Å². The third-order valence-corrected chi connectivity index (χ3v) is 4.27. The maximum Gasteiger partial charge on any atom is 0.259 e. The van der Waals surface area contributed by atoms with Gasteiger partial charge in [0.1, 0.15) is 10.7 Å². The normalized spacial score (nSPS) is 11.4. The van der Waals surface area contributed by atoms with E-state index in [-0.39, 0.29) is 5.56 Å². The van der Waals surface area contributed by atoms with Crippen molar-refractivity contribution in [2.24, 2.45) is 0 Å². The van der Waals surface area contributed by atoms with Gasteiger partial charge in [-0.05, 0) is 11.6 Å². The SMILES string of the molecule is CC(C)NCc1nc2sc(-c3ccccc3)cc2c(=O)[nH]1. The zero-order valence-corrected chi connectivity index (χ0v) is 12.8. The Morgan fingerprint density at radius 2 is 2.05 bits per heavy atom. The van der Waals surface area contributed by atoms with E-state index in [4.69, 9.17) is 0 Å². The lowest BCUT2D eigenvalue weighted by Gasteiger charge is -2.06. The van der Waals surface area contributed by atoms with Crippen molar-refractivity contribution in [3.63, 3.8) is 0 Å². The van der Waals surface area contributed by atoms with Gasteiger partial charge in [0.05, 0.1) is 11.9 Å². The molecule has 3 rings (SSSR count). The molecule has 0 bridgehead atoms. The number of rotatable bonds is 4. The monoisotopic (exact) mass is 299 g/mol. The zero-order chi connectivity index (χ0) is 14.8. The van der Waals surface area contributed by atoms with E-state index in [2.05, 4.69) is 29.1 Å². The maximum absolute atomic E-state index is 12.2. The van der Waals surface area contributed by atoms with Crippen molar-refractivity contribution >= 4 is 21.6 Å². The molecule has 108 valence electrons. The van der Waals surface area contributed by atoms with E-state index in [1.807, 2.05) is 36.4 Å². The van der Waals surface area contributed by atoms with Crippen LogP contribution in [0.4, 0.5) is 0 Å². The summed E-state index contributed by atoms with van der Waals surface area (Å²) in [5, 5.41) is 3.92. The fourth-order valence-electron chi connectivity index (χ4n) is 2.11. The lowest BCUT2D eigenvalue weighted by Crippen LogP contribution is -2.24. The summed E-state index contributed by atoms with van der Waals surface area (Å²) in [6.07, 6.45) is 0. The first-order valence-corrected chi connectivity index (χ1v) is 7.76. The Labute approximate surface area is 126 Å². The predicted octanol–water partition coefficient (Wildman–Crippen LogP) is 3.15. The van der Waals surface area contributed by atoms with Gasteiger partial charge in [0.15, 0.2) is 0 Å². The van der Waals surface area contributed by atoms with Crippen LogP contribution in [0.15, 0.2) is 41.2 Å². The molecule has 0 radical (unpaired) electrons. The minimum atomic E-state index is -0.0704. The van der Waals surface area contributed by atoms with Crippen molar-refractivity contribution in [3.8, 4) is 10.4 Å².